The molecule has 0 aliphatic carbocycles. The molecule has 1 rings (SSSR count). The molecular weight excluding hydrogens is 338 g/mol. The molecule has 8 nitrogen and oxygen atoms in total. The van der Waals surface area contributed by atoms with Crippen molar-refractivity contribution in [2.45, 2.75) is 45.8 Å². The number of nitro benzene ring substituents is 1. The standard InChI is InChI=1S/C18H25N3O5/c1-17(2,3)26-16(23)19-12-18(4,5)20-15(22)10-9-13-7-6-8-14(11-13)21(24)25/h6-11H,12H2,1-5H3,(H,19,23)(H,20,22). The van der Waals surface area contributed by atoms with Gasteiger partial charge in [-0.25, -0.2) is 4.79 Å². The number of hydrogen-bond acceptors (Lipinski definition) is 5. The SMILES string of the molecule is CC(C)(CNC(=O)OC(C)(C)C)NC(=O)C=Cc1cccc([N+](=O)[O-])c1. The van der Waals surface area contributed by atoms with Crippen LogP contribution in [0.4, 0.5) is 10.5 Å². The lowest BCUT2D eigenvalue weighted by Gasteiger charge is -2.27. The van der Waals surface area contributed by atoms with Gasteiger partial charge in [0.1, 0.15) is 5.60 Å². The third-order valence-electron chi connectivity index (χ3n) is 3.04. The average molecular weight is 363 g/mol. The van der Waals surface area contributed by atoms with E-state index in [4.69, 9.17) is 4.74 Å². The van der Waals surface area contributed by atoms with E-state index in [1.807, 2.05) is 0 Å². The first-order chi connectivity index (χ1) is 11.9. The van der Waals surface area contributed by atoms with Crippen molar-refractivity contribution in [3.05, 3.63) is 46.0 Å². The maximum Gasteiger partial charge on any atom is 0.407 e. The monoisotopic (exact) mass is 363 g/mol. The van der Waals surface area contributed by atoms with Crippen LogP contribution in [0.15, 0.2) is 30.3 Å². The Morgan fingerprint density at radius 3 is 2.46 bits per heavy atom. The minimum atomic E-state index is -0.707. The quantitative estimate of drug-likeness (QED) is 0.458. The summed E-state index contributed by atoms with van der Waals surface area (Å²) in [6, 6.07) is 5.96. The minimum Gasteiger partial charge on any atom is -0.444 e. The molecule has 0 aliphatic heterocycles. The van der Waals surface area contributed by atoms with E-state index in [2.05, 4.69) is 10.6 Å². The highest BCUT2D eigenvalue weighted by Gasteiger charge is 2.22. The van der Waals surface area contributed by atoms with Crippen LogP contribution in [0.25, 0.3) is 6.08 Å². The number of ether oxygens (including phenoxy) is 1. The number of hydrogen-bond donors (Lipinski definition) is 2. The van der Waals surface area contributed by atoms with Crippen LogP contribution in [-0.2, 0) is 9.53 Å². The fourth-order valence-corrected chi connectivity index (χ4v) is 1.94. The zero-order chi connectivity index (χ0) is 20.0. The fourth-order valence-electron chi connectivity index (χ4n) is 1.94. The molecule has 0 saturated carbocycles. The highest BCUT2D eigenvalue weighted by molar-refractivity contribution is 5.92. The molecule has 0 atom stereocenters. The van der Waals surface area contributed by atoms with Crippen molar-refractivity contribution in [3.8, 4) is 0 Å². The lowest BCUT2D eigenvalue weighted by atomic mass is 10.1. The summed E-state index contributed by atoms with van der Waals surface area (Å²) in [6.45, 7) is 8.97. The van der Waals surface area contributed by atoms with Crippen molar-refractivity contribution in [1.29, 1.82) is 0 Å². The number of benzene rings is 1. The van der Waals surface area contributed by atoms with Crippen LogP contribution in [0.1, 0.15) is 40.2 Å². The number of nitrogens with zero attached hydrogens (tertiary/aromatic N) is 1. The molecule has 0 aromatic heterocycles. The maximum absolute atomic E-state index is 12.0. The fraction of sp³-hybridized carbons (Fsp3) is 0.444. The van der Waals surface area contributed by atoms with Crippen LogP contribution in [0.5, 0.6) is 0 Å². The first-order valence-electron chi connectivity index (χ1n) is 8.09. The normalized spacial score (nSPS) is 11.9. The number of amides is 2. The minimum absolute atomic E-state index is 0.0468. The second-order valence-electron chi connectivity index (χ2n) is 7.41. The molecule has 0 unspecified atom stereocenters. The molecule has 0 aliphatic rings. The van der Waals surface area contributed by atoms with E-state index in [9.17, 15) is 19.7 Å². The van der Waals surface area contributed by atoms with Gasteiger partial charge in [-0.3, -0.25) is 14.9 Å². The van der Waals surface area contributed by atoms with Gasteiger partial charge in [0, 0.05) is 24.8 Å². The highest BCUT2D eigenvalue weighted by Crippen LogP contribution is 2.14. The molecule has 26 heavy (non-hydrogen) atoms. The molecule has 1 aromatic carbocycles. The molecule has 2 amide bonds. The van der Waals surface area contributed by atoms with Crippen molar-refractivity contribution >= 4 is 23.8 Å². The number of carbonyl (C=O) groups excluding carboxylic acids is 2. The number of non-ortho nitro benzene ring substituents is 1. The molecule has 142 valence electrons. The third kappa shape index (κ3) is 8.27. The maximum atomic E-state index is 12.0. The first-order valence-corrected chi connectivity index (χ1v) is 8.09. The second-order valence-corrected chi connectivity index (χ2v) is 7.41. The molecular formula is C18H25N3O5. The zero-order valence-electron chi connectivity index (χ0n) is 15.7. The van der Waals surface area contributed by atoms with Crippen molar-refractivity contribution in [3.63, 3.8) is 0 Å². The highest BCUT2D eigenvalue weighted by atomic mass is 16.6. The Balaban J connectivity index is 2.58. The summed E-state index contributed by atoms with van der Waals surface area (Å²) < 4.78 is 5.14. The van der Waals surface area contributed by atoms with Crippen molar-refractivity contribution in [1.82, 2.24) is 10.6 Å². The van der Waals surface area contributed by atoms with Crippen molar-refractivity contribution in [2.24, 2.45) is 0 Å². The van der Waals surface area contributed by atoms with E-state index >= 15 is 0 Å². The van der Waals surface area contributed by atoms with Gasteiger partial charge in [-0.15, -0.1) is 0 Å². The Morgan fingerprint density at radius 1 is 1.23 bits per heavy atom. The number of nitrogens with one attached hydrogen (secondary N) is 2. The predicted octanol–water partition coefficient (Wildman–Crippen LogP) is 3.03. The molecule has 0 radical (unpaired) electrons. The Kier molecular flexibility index (Phi) is 6.88. The Bertz CT molecular complexity index is 705. The lowest BCUT2D eigenvalue weighted by molar-refractivity contribution is -0.384. The molecule has 1 aromatic rings. The van der Waals surface area contributed by atoms with Gasteiger partial charge >= 0.3 is 6.09 Å². The summed E-state index contributed by atoms with van der Waals surface area (Å²) in [6.07, 6.45) is 2.21. The van der Waals surface area contributed by atoms with Gasteiger partial charge in [-0.05, 0) is 46.3 Å². The van der Waals surface area contributed by atoms with Crippen LogP contribution in [0.3, 0.4) is 0 Å². The molecule has 0 fully saturated rings. The van der Waals surface area contributed by atoms with Crippen LogP contribution in [-0.4, -0.2) is 34.6 Å². The average Bonchev–Trinajstić information content (AvgIpc) is 2.49. The van der Waals surface area contributed by atoms with Crippen LogP contribution in [0, 0.1) is 10.1 Å². The summed E-state index contributed by atoms with van der Waals surface area (Å²) in [5.74, 6) is -0.382. The third-order valence-corrected chi connectivity index (χ3v) is 3.04. The summed E-state index contributed by atoms with van der Waals surface area (Å²) in [5.41, 5.74) is -0.812. The van der Waals surface area contributed by atoms with Gasteiger partial charge in [-0.2, -0.15) is 0 Å². The van der Waals surface area contributed by atoms with Crippen molar-refractivity contribution in [2.75, 3.05) is 6.54 Å². The van der Waals surface area contributed by atoms with Crippen LogP contribution < -0.4 is 10.6 Å². The zero-order valence-corrected chi connectivity index (χ0v) is 15.7. The molecule has 0 spiro atoms. The van der Waals surface area contributed by atoms with Crippen molar-refractivity contribution < 1.29 is 19.2 Å². The smallest absolute Gasteiger partial charge is 0.407 e. The Morgan fingerprint density at radius 2 is 1.88 bits per heavy atom. The summed E-state index contributed by atoms with van der Waals surface area (Å²) in [4.78, 5) is 34.0. The summed E-state index contributed by atoms with van der Waals surface area (Å²) in [5, 5.41) is 16.1. The number of alkyl carbamates (subject to hydrolysis) is 1. The topological polar surface area (TPSA) is 111 Å². The van der Waals surface area contributed by atoms with E-state index in [1.165, 1.54) is 24.3 Å². The van der Waals surface area contributed by atoms with Gasteiger partial charge < -0.3 is 15.4 Å². The molecule has 2 N–H and O–H groups in total. The molecule has 0 bridgehead atoms. The molecule has 0 heterocycles. The Labute approximate surface area is 152 Å². The Hall–Kier alpha value is -2.90. The van der Waals surface area contributed by atoms with E-state index in [0.717, 1.165) is 0 Å². The van der Waals surface area contributed by atoms with E-state index in [-0.39, 0.29) is 18.1 Å². The number of rotatable bonds is 6. The number of carbonyl (C=O) groups is 2. The van der Waals surface area contributed by atoms with Crippen LogP contribution >= 0.6 is 0 Å². The van der Waals surface area contributed by atoms with Crippen LogP contribution in [0.2, 0.25) is 0 Å². The summed E-state index contributed by atoms with van der Waals surface area (Å²) in [7, 11) is 0. The largest absolute Gasteiger partial charge is 0.444 e. The second kappa shape index (κ2) is 8.46. The van der Waals surface area contributed by atoms with Gasteiger partial charge in [0.2, 0.25) is 5.91 Å². The van der Waals surface area contributed by atoms with Gasteiger partial charge in [-0.1, -0.05) is 12.1 Å². The predicted molar refractivity (Wildman–Crippen MR) is 98.6 cm³/mol. The number of nitro groups is 1. The first kappa shape index (κ1) is 21.1. The van der Waals surface area contributed by atoms with Gasteiger partial charge in [0.25, 0.3) is 5.69 Å². The lowest BCUT2D eigenvalue weighted by Crippen LogP contribution is -2.51. The molecule has 8 heteroatoms. The summed E-state index contributed by atoms with van der Waals surface area (Å²) >= 11 is 0. The molecule has 0 saturated heterocycles. The van der Waals surface area contributed by atoms with E-state index in [1.54, 1.807) is 46.8 Å². The van der Waals surface area contributed by atoms with E-state index < -0.39 is 22.2 Å². The van der Waals surface area contributed by atoms with Gasteiger partial charge in [0.05, 0.1) is 10.5 Å². The van der Waals surface area contributed by atoms with Gasteiger partial charge in [0.15, 0.2) is 0 Å². The van der Waals surface area contributed by atoms with E-state index in [0.29, 0.717) is 5.56 Å².